The smallest absolute Gasteiger partial charge is 0.323 e. The third-order valence-corrected chi connectivity index (χ3v) is 7.54. The second kappa shape index (κ2) is 8.41. The van der Waals surface area contributed by atoms with Gasteiger partial charge < -0.3 is 9.67 Å². The minimum Gasteiger partial charge on any atom is -0.480 e. The highest BCUT2D eigenvalue weighted by Gasteiger charge is 2.24. The van der Waals surface area contributed by atoms with E-state index in [-0.39, 0.29) is 27.8 Å². The van der Waals surface area contributed by atoms with E-state index in [1.165, 1.54) is 36.4 Å². The topological polar surface area (TPSA) is 76.4 Å². The zero-order valence-electron chi connectivity index (χ0n) is 17.0. The van der Waals surface area contributed by atoms with Crippen LogP contribution in [-0.4, -0.2) is 24.1 Å². The largest absolute Gasteiger partial charge is 0.480 e. The van der Waals surface area contributed by atoms with Gasteiger partial charge in [0.25, 0.3) is 0 Å². The number of fused-ring (bicyclic) bond motifs is 1. The van der Waals surface area contributed by atoms with Gasteiger partial charge in [-0.1, -0.05) is 35.9 Å². The molecule has 0 spiro atoms. The Morgan fingerprint density at radius 3 is 2.47 bits per heavy atom. The molecule has 3 aromatic carbocycles. The fraction of sp³-hybridized carbons (Fsp3) is 0.125. The summed E-state index contributed by atoms with van der Waals surface area (Å²) in [5.41, 5.74) is 2.35. The predicted octanol–water partition coefficient (Wildman–Crippen LogP) is 5.25. The lowest BCUT2D eigenvalue weighted by atomic mass is 10.0. The Hall–Kier alpha value is -3.16. The summed E-state index contributed by atoms with van der Waals surface area (Å²) in [7, 11) is -3.86. The monoisotopic (exact) mass is 471 g/mol. The lowest BCUT2D eigenvalue weighted by Gasteiger charge is -2.12. The summed E-state index contributed by atoms with van der Waals surface area (Å²) in [6.07, 6.45) is 0.164. The average molecular weight is 472 g/mol. The second-order valence-electron chi connectivity index (χ2n) is 7.45. The van der Waals surface area contributed by atoms with Gasteiger partial charge in [0.1, 0.15) is 12.4 Å². The van der Waals surface area contributed by atoms with Crippen LogP contribution < -0.4 is 0 Å². The highest BCUT2D eigenvalue weighted by Crippen LogP contribution is 2.33. The van der Waals surface area contributed by atoms with E-state index in [2.05, 4.69) is 0 Å². The third kappa shape index (κ3) is 4.01. The first-order chi connectivity index (χ1) is 15.2. The first kappa shape index (κ1) is 22.0. The maximum absolute atomic E-state index is 14.1. The fourth-order valence-electron chi connectivity index (χ4n) is 3.93. The van der Waals surface area contributed by atoms with E-state index in [0.717, 1.165) is 0 Å². The molecule has 1 N–H and O–H groups in total. The summed E-state index contributed by atoms with van der Waals surface area (Å²) in [6.45, 7) is 1.46. The zero-order chi connectivity index (χ0) is 23.0. The molecule has 1 aromatic heterocycles. The van der Waals surface area contributed by atoms with Gasteiger partial charge in [0.05, 0.1) is 9.79 Å². The second-order valence-corrected chi connectivity index (χ2v) is 9.81. The molecule has 0 radical (unpaired) electrons. The van der Waals surface area contributed by atoms with Crippen LogP contribution in [-0.2, 0) is 27.6 Å². The molecule has 5 nitrogen and oxygen atoms in total. The lowest BCUT2D eigenvalue weighted by molar-refractivity contribution is -0.137. The maximum Gasteiger partial charge on any atom is 0.323 e. The highest BCUT2D eigenvalue weighted by atomic mass is 35.5. The molecule has 4 rings (SSSR count). The van der Waals surface area contributed by atoms with Gasteiger partial charge >= 0.3 is 5.97 Å². The average Bonchev–Trinajstić information content (AvgIpc) is 3.00. The standard InChI is InChI=1S/C24H19ClFNO4S/c1-15-20(21-13-18(26)9-10-22(21)27(15)14-24(28)29)11-16-7-8-17(25)12-23(16)32(30,31)19-5-3-2-4-6-19/h2-10,12-13H,11,14H2,1H3,(H,28,29). The molecule has 0 atom stereocenters. The molecule has 0 bridgehead atoms. The number of carboxylic acid groups (broad SMARTS) is 1. The van der Waals surface area contributed by atoms with Crippen LogP contribution in [0.3, 0.4) is 0 Å². The third-order valence-electron chi connectivity index (χ3n) is 5.45. The van der Waals surface area contributed by atoms with Crippen LogP contribution in [0.25, 0.3) is 10.9 Å². The molecule has 0 saturated carbocycles. The van der Waals surface area contributed by atoms with Crippen molar-refractivity contribution in [3.05, 3.63) is 94.4 Å². The number of halogens is 2. The van der Waals surface area contributed by atoms with Crippen LogP contribution in [0.1, 0.15) is 16.8 Å². The SMILES string of the molecule is Cc1c(Cc2ccc(Cl)cc2S(=O)(=O)c2ccccc2)c2cc(F)ccc2n1CC(=O)O. The molecule has 0 amide bonds. The molecule has 4 aromatic rings. The van der Waals surface area contributed by atoms with Gasteiger partial charge in [0.2, 0.25) is 9.84 Å². The van der Waals surface area contributed by atoms with Gasteiger partial charge in [-0.3, -0.25) is 4.79 Å². The Balaban J connectivity index is 1.91. The first-order valence-electron chi connectivity index (χ1n) is 9.76. The van der Waals surface area contributed by atoms with Crippen LogP contribution in [0.15, 0.2) is 76.5 Å². The Bertz CT molecular complexity index is 1450. The van der Waals surface area contributed by atoms with Crippen molar-refractivity contribution in [1.82, 2.24) is 4.57 Å². The quantitative estimate of drug-likeness (QED) is 0.416. The normalized spacial score (nSPS) is 11.7. The Morgan fingerprint density at radius 1 is 1.06 bits per heavy atom. The summed E-state index contributed by atoms with van der Waals surface area (Å²) in [6, 6.07) is 16.8. The van der Waals surface area contributed by atoms with Crippen LogP contribution in [0.4, 0.5) is 4.39 Å². The number of benzene rings is 3. The lowest BCUT2D eigenvalue weighted by Crippen LogP contribution is -2.10. The van der Waals surface area contributed by atoms with Crippen molar-refractivity contribution < 1.29 is 22.7 Å². The molecular weight excluding hydrogens is 453 g/mol. The molecule has 0 aliphatic carbocycles. The number of aliphatic carboxylic acids is 1. The molecular formula is C24H19ClFNO4S. The van der Waals surface area contributed by atoms with Gasteiger partial charge in [0.15, 0.2) is 0 Å². The number of nitrogens with zero attached hydrogens (tertiary/aromatic N) is 1. The molecule has 0 unspecified atom stereocenters. The summed E-state index contributed by atoms with van der Waals surface area (Å²) in [4.78, 5) is 11.6. The van der Waals surface area contributed by atoms with Crippen LogP contribution in [0.5, 0.6) is 0 Å². The van der Waals surface area contributed by atoms with Crippen LogP contribution in [0.2, 0.25) is 5.02 Å². The Kier molecular flexibility index (Phi) is 5.79. The van der Waals surface area contributed by atoms with Crippen molar-refractivity contribution >= 4 is 38.3 Å². The van der Waals surface area contributed by atoms with E-state index in [0.29, 0.717) is 27.7 Å². The number of rotatable bonds is 6. The van der Waals surface area contributed by atoms with E-state index in [9.17, 15) is 22.7 Å². The van der Waals surface area contributed by atoms with Gasteiger partial charge in [0, 0.05) is 28.0 Å². The van der Waals surface area contributed by atoms with E-state index >= 15 is 0 Å². The van der Waals surface area contributed by atoms with Crippen molar-refractivity contribution in [3.8, 4) is 0 Å². The summed E-state index contributed by atoms with van der Waals surface area (Å²) < 4.78 is 42.4. The van der Waals surface area contributed by atoms with Crippen molar-refractivity contribution in [1.29, 1.82) is 0 Å². The number of hydrogen-bond donors (Lipinski definition) is 1. The Morgan fingerprint density at radius 2 is 1.78 bits per heavy atom. The summed E-state index contributed by atoms with van der Waals surface area (Å²) in [5.74, 6) is -1.49. The zero-order valence-corrected chi connectivity index (χ0v) is 18.6. The van der Waals surface area contributed by atoms with Gasteiger partial charge in [-0.15, -0.1) is 0 Å². The van der Waals surface area contributed by atoms with E-state index in [1.54, 1.807) is 41.8 Å². The molecule has 1 heterocycles. The van der Waals surface area contributed by atoms with Crippen LogP contribution >= 0.6 is 11.6 Å². The molecule has 0 aliphatic heterocycles. The molecule has 8 heteroatoms. The minimum absolute atomic E-state index is 0.0612. The molecule has 0 fully saturated rings. The van der Waals surface area contributed by atoms with Gasteiger partial charge in [-0.2, -0.15) is 0 Å². The van der Waals surface area contributed by atoms with Crippen molar-refractivity contribution in [2.24, 2.45) is 0 Å². The number of carbonyl (C=O) groups is 1. The number of aromatic nitrogens is 1. The number of sulfone groups is 1. The molecule has 164 valence electrons. The minimum atomic E-state index is -3.86. The fourth-order valence-corrected chi connectivity index (χ4v) is 5.70. The summed E-state index contributed by atoms with van der Waals surface area (Å²) in [5, 5.41) is 10.1. The highest BCUT2D eigenvalue weighted by molar-refractivity contribution is 7.91. The first-order valence-corrected chi connectivity index (χ1v) is 11.6. The van der Waals surface area contributed by atoms with E-state index in [4.69, 9.17) is 11.6 Å². The van der Waals surface area contributed by atoms with Gasteiger partial charge in [-0.25, -0.2) is 12.8 Å². The van der Waals surface area contributed by atoms with E-state index < -0.39 is 21.6 Å². The maximum atomic E-state index is 14.1. The number of carboxylic acids is 1. The molecule has 0 aliphatic rings. The summed E-state index contributed by atoms with van der Waals surface area (Å²) >= 11 is 6.14. The predicted molar refractivity (Wildman–Crippen MR) is 120 cm³/mol. The van der Waals surface area contributed by atoms with Crippen molar-refractivity contribution in [2.75, 3.05) is 0 Å². The van der Waals surface area contributed by atoms with Crippen molar-refractivity contribution in [2.45, 2.75) is 29.7 Å². The molecule has 32 heavy (non-hydrogen) atoms. The molecule has 0 saturated heterocycles. The van der Waals surface area contributed by atoms with E-state index in [1.807, 2.05) is 0 Å². The van der Waals surface area contributed by atoms with Gasteiger partial charge in [-0.05, 0) is 60.5 Å². The van der Waals surface area contributed by atoms with Crippen LogP contribution in [0, 0.1) is 12.7 Å². The Labute approximate surface area is 189 Å². The number of hydrogen-bond acceptors (Lipinski definition) is 3. The van der Waals surface area contributed by atoms with Crippen molar-refractivity contribution in [3.63, 3.8) is 0 Å².